The zero-order valence-corrected chi connectivity index (χ0v) is 18.9. The largest absolute Gasteiger partial charge is 0.342 e. The minimum Gasteiger partial charge on any atom is -0.342 e. The lowest BCUT2D eigenvalue weighted by molar-refractivity contribution is 0.0922. The van der Waals surface area contributed by atoms with Crippen LogP contribution in [-0.2, 0) is 19.3 Å². The first-order chi connectivity index (χ1) is 16.2. The third kappa shape index (κ3) is 4.58. The van der Waals surface area contributed by atoms with Crippen LogP contribution in [-0.4, -0.2) is 20.7 Å². The highest BCUT2D eigenvalue weighted by atomic mass is 16.2. The van der Waals surface area contributed by atoms with Gasteiger partial charge in [0.2, 0.25) is 5.82 Å². The first-order valence-electron chi connectivity index (χ1n) is 11.6. The van der Waals surface area contributed by atoms with Gasteiger partial charge in [0.05, 0.1) is 11.7 Å². The van der Waals surface area contributed by atoms with Crippen molar-refractivity contribution in [1.29, 1.82) is 0 Å². The Kier molecular flexibility index (Phi) is 6.03. The molecule has 33 heavy (non-hydrogen) atoms. The molecule has 0 fully saturated rings. The molecule has 1 atom stereocenters. The molecule has 5 nitrogen and oxygen atoms in total. The number of nitrogens with zero attached hydrogens (tertiary/aromatic N) is 3. The molecule has 0 saturated heterocycles. The number of rotatable bonds is 6. The molecule has 1 heterocycles. The predicted octanol–water partition coefficient (Wildman–Crippen LogP) is 5.17. The molecule has 0 saturated carbocycles. The fraction of sp³-hybridized carbons (Fsp3) is 0.250. The number of hydrogen-bond donors (Lipinski definition) is 1. The standard InChI is InChI=1S/C28H28N4O/c1-20-10-5-8-17-25(20)32-26(19-18-21-11-3-2-4-12-21)30-27(31-32)28(33)29-24-16-9-14-22-13-6-7-15-23(22)24/h2-8,10-13,15,17,24H,9,14,16,18-19H2,1H3,(H,29,33)/t24-/m0/s1. The zero-order chi connectivity index (χ0) is 22.6. The fourth-order valence-electron chi connectivity index (χ4n) is 4.62. The average molecular weight is 437 g/mol. The fourth-order valence-corrected chi connectivity index (χ4v) is 4.62. The summed E-state index contributed by atoms with van der Waals surface area (Å²) in [7, 11) is 0. The van der Waals surface area contributed by atoms with E-state index in [4.69, 9.17) is 4.98 Å². The van der Waals surface area contributed by atoms with Gasteiger partial charge in [-0.3, -0.25) is 4.79 Å². The molecule has 0 radical (unpaired) electrons. The summed E-state index contributed by atoms with van der Waals surface area (Å²) in [5, 5.41) is 7.86. The van der Waals surface area contributed by atoms with Crippen molar-refractivity contribution in [3.63, 3.8) is 0 Å². The Morgan fingerprint density at radius 2 is 1.73 bits per heavy atom. The Morgan fingerprint density at radius 1 is 0.970 bits per heavy atom. The normalized spacial score (nSPS) is 15.1. The Balaban J connectivity index is 1.43. The molecule has 4 aromatic rings. The van der Waals surface area contributed by atoms with Crippen molar-refractivity contribution in [3.05, 3.63) is 113 Å². The Hall–Kier alpha value is -3.73. The van der Waals surface area contributed by atoms with Crippen molar-refractivity contribution in [3.8, 4) is 5.69 Å². The maximum absolute atomic E-state index is 13.2. The number of benzene rings is 3. The number of fused-ring (bicyclic) bond motifs is 1. The van der Waals surface area contributed by atoms with Crippen LogP contribution >= 0.6 is 0 Å². The zero-order valence-electron chi connectivity index (χ0n) is 18.9. The number of carbonyl (C=O) groups excluding carboxylic acids is 1. The van der Waals surface area contributed by atoms with Gasteiger partial charge in [0.25, 0.3) is 5.91 Å². The van der Waals surface area contributed by atoms with Gasteiger partial charge in [0, 0.05) is 6.42 Å². The van der Waals surface area contributed by atoms with E-state index in [1.54, 1.807) is 0 Å². The van der Waals surface area contributed by atoms with E-state index in [9.17, 15) is 4.79 Å². The van der Waals surface area contributed by atoms with Crippen molar-refractivity contribution < 1.29 is 4.79 Å². The summed E-state index contributed by atoms with van der Waals surface area (Å²) in [5.41, 5.74) is 5.81. The Bertz CT molecular complexity index is 1260. The van der Waals surface area contributed by atoms with Gasteiger partial charge in [0.1, 0.15) is 5.82 Å². The topological polar surface area (TPSA) is 59.8 Å². The summed E-state index contributed by atoms with van der Waals surface area (Å²) >= 11 is 0. The van der Waals surface area contributed by atoms with E-state index in [0.717, 1.165) is 42.8 Å². The monoisotopic (exact) mass is 436 g/mol. The van der Waals surface area contributed by atoms with Crippen molar-refractivity contribution in [2.75, 3.05) is 0 Å². The van der Waals surface area contributed by atoms with Crippen LogP contribution in [0, 0.1) is 6.92 Å². The number of aryl methyl sites for hydroxylation is 4. The van der Waals surface area contributed by atoms with Crippen LogP contribution in [0.2, 0.25) is 0 Å². The van der Waals surface area contributed by atoms with Crippen LogP contribution in [0.15, 0.2) is 78.9 Å². The van der Waals surface area contributed by atoms with Crippen LogP contribution in [0.25, 0.3) is 5.69 Å². The second-order valence-corrected chi connectivity index (χ2v) is 8.65. The second kappa shape index (κ2) is 9.41. The van der Waals surface area contributed by atoms with Crippen molar-refractivity contribution in [2.24, 2.45) is 0 Å². The molecule has 5 heteroatoms. The molecular formula is C28H28N4O. The third-order valence-corrected chi connectivity index (χ3v) is 6.38. The van der Waals surface area contributed by atoms with Crippen LogP contribution < -0.4 is 5.32 Å². The van der Waals surface area contributed by atoms with E-state index in [1.807, 2.05) is 47.1 Å². The summed E-state index contributed by atoms with van der Waals surface area (Å²) in [5.74, 6) is 0.803. The van der Waals surface area contributed by atoms with Gasteiger partial charge in [-0.05, 0) is 60.9 Å². The van der Waals surface area contributed by atoms with E-state index in [0.29, 0.717) is 6.42 Å². The molecule has 166 valence electrons. The highest BCUT2D eigenvalue weighted by molar-refractivity contribution is 5.90. The van der Waals surface area contributed by atoms with Crippen LogP contribution in [0.3, 0.4) is 0 Å². The molecule has 1 aliphatic rings. The minimum atomic E-state index is -0.218. The number of para-hydroxylation sites is 1. The van der Waals surface area contributed by atoms with Crippen LogP contribution in [0.5, 0.6) is 0 Å². The molecule has 1 N–H and O–H groups in total. The molecular weight excluding hydrogens is 408 g/mol. The van der Waals surface area contributed by atoms with Crippen LogP contribution in [0.4, 0.5) is 0 Å². The maximum atomic E-state index is 13.2. The van der Waals surface area contributed by atoms with E-state index in [1.165, 1.54) is 16.7 Å². The van der Waals surface area contributed by atoms with Crippen molar-refractivity contribution in [1.82, 2.24) is 20.1 Å². The second-order valence-electron chi connectivity index (χ2n) is 8.65. The molecule has 5 rings (SSSR count). The average Bonchev–Trinajstić information content (AvgIpc) is 3.28. The smallest absolute Gasteiger partial charge is 0.291 e. The summed E-state index contributed by atoms with van der Waals surface area (Å²) in [4.78, 5) is 17.9. The quantitative estimate of drug-likeness (QED) is 0.454. The number of carbonyl (C=O) groups is 1. The van der Waals surface area contributed by atoms with E-state index < -0.39 is 0 Å². The molecule has 0 aliphatic heterocycles. The lowest BCUT2D eigenvalue weighted by Gasteiger charge is -2.25. The molecule has 3 aromatic carbocycles. The number of hydrogen-bond acceptors (Lipinski definition) is 3. The highest BCUT2D eigenvalue weighted by Gasteiger charge is 2.25. The molecule has 0 unspecified atom stereocenters. The molecule has 0 bridgehead atoms. The Morgan fingerprint density at radius 3 is 2.58 bits per heavy atom. The SMILES string of the molecule is Cc1ccccc1-n1nc(C(=O)N[C@H]2CCCc3ccccc32)nc1CCc1ccccc1. The first kappa shape index (κ1) is 21.1. The van der Waals surface area contributed by atoms with Crippen LogP contribution in [0.1, 0.15) is 57.6 Å². The predicted molar refractivity (Wildman–Crippen MR) is 130 cm³/mol. The van der Waals surface area contributed by atoms with Gasteiger partial charge >= 0.3 is 0 Å². The number of amides is 1. The lowest BCUT2D eigenvalue weighted by atomic mass is 9.88. The summed E-state index contributed by atoms with van der Waals surface area (Å²) in [6, 6.07) is 26.8. The van der Waals surface area contributed by atoms with Gasteiger partial charge in [-0.15, -0.1) is 5.10 Å². The molecule has 1 amide bonds. The number of aromatic nitrogens is 3. The van der Waals surface area contributed by atoms with E-state index in [2.05, 4.69) is 53.7 Å². The molecule has 0 spiro atoms. The van der Waals surface area contributed by atoms with Crippen molar-refractivity contribution >= 4 is 5.91 Å². The highest BCUT2D eigenvalue weighted by Crippen LogP contribution is 2.29. The molecule has 1 aliphatic carbocycles. The van der Waals surface area contributed by atoms with E-state index in [-0.39, 0.29) is 17.8 Å². The summed E-state index contributed by atoms with van der Waals surface area (Å²) in [6.07, 6.45) is 4.59. The van der Waals surface area contributed by atoms with Gasteiger partial charge < -0.3 is 5.32 Å². The molecule has 1 aromatic heterocycles. The first-order valence-corrected chi connectivity index (χ1v) is 11.6. The van der Waals surface area contributed by atoms with E-state index >= 15 is 0 Å². The van der Waals surface area contributed by atoms with Gasteiger partial charge in [0.15, 0.2) is 0 Å². The van der Waals surface area contributed by atoms with Gasteiger partial charge in [-0.1, -0.05) is 72.8 Å². The van der Waals surface area contributed by atoms with Crippen molar-refractivity contribution in [2.45, 2.75) is 45.1 Å². The maximum Gasteiger partial charge on any atom is 0.291 e. The Labute approximate surface area is 194 Å². The third-order valence-electron chi connectivity index (χ3n) is 6.38. The minimum absolute atomic E-state index is 0.000583. The number of nitrogens with one attached hydrogen (secondary N) is 1. The van der Waals surface area contributed by atoms with Gasteiger partial charge in [-0.25, -0.2) is 9.67 Å². The van der Waals surface area contributed by atoms with Gasteiger partial charge in [-0.2, -0.15) is 0 Å². The lowest BCUT2D eigenvalue weighted by Crippen LogP contribution is -2.31. The summed E-state index contributed by atoms with van der Waals surface area (Å²) in [6.45, 7) is 2.05. The summed E-state index contributed by atoms with van der Waals surface area (Å²) < 4.78 is 1.84.